The second-order valence-corrected chi connectivity index (χ2v) is 5.01. The summed E-state index contributed by atoms with van der Waals surface area (Å²) in [7, 11) is 0. The monoisotopic (exact) mass is 263 g/mol. The van der Waals surface area contributed by atoms with Gasteiger partial charge in [0.05, 0.1) is 5.69 Å². The van der Waals surface area contributed by atoms with Crippen molar-refractivity contribution in [1.82, 2.24) is 10.2 Å². The number of aromatic nitrogens is 2. The second kappa shape index (κ2) is 5.53. The number of nitrogens with zero attached hydrogens (tertiary/aromatic N) is 3. The van der Waals surface area contributed by atoms with E-state index in [-0.39, 0.29) is 0 Å². The Kier molecular flexibility index (Phi) is 4.02. The van der Waals surface area contributed by atoms with Gasteiger partial charge in [0, 0.05) is 29.2 Å². The molecule has 18 heavy (non-hydrogen) atoms. The van der Waals surface area contributed by atoms with Crippen LogP contribution in [0, 0.1) is 6.92 Å². The summed E-state index contributed by atoms with van der Waals surface area (Å²) in [5, 5.41) is 10.9. The molecule has 0 fully saturated rings. The molecule has 0 aliphatic heterocycles. The number of benzene rings is 1. The molecule has 1 aromatic heterocycles. The van der Waals surface area contributed by atoms with E-state index in [1.807, 2.05) is 19.1 Å². The maximum absolute atomic E-state index is 5.88. The van der Waals surface area contributed by atoms with Crippen LogP contribution in [0.25, 0.3) is 10.8 Å². The molecule has 96 valence electrons. The topological polar surface area (TPSA) is 29.0 Å². The van der Waals surface area contributed by atoms with E-state index in [0.717, 1.165) is 28.8 Å². The average Bonchev–Trinajstić information content (AvgIpc) is 2.37. The summed E-state index contributed by atoms with van der Waals surface area (Å²) in [5.41, 5.74) is 0.962. The Morgan fingerprint density at radius 3 is 2.44 bits per heavy atom. The highest BCUT2D eigenvalue weighted by Crippen LogP contribution is 2.26. The van der Waals surface area contributed by atoms with Crippen molar-refractivity contribution >= 4 is 28.2 Å². The summed E-state index contributed by atoms with van der Waals surface area (Å²) < 4.78 is 0. The molecule has 0 atom stereocenters. The number of alkyl halides is 1. The highest BCUT2D eigenvalue weighted by molar-refractivity contribution is 6.18. The van der Waals surface area contributed by atoms with Crippen LogP contribution in [-0.2, 0) is 0 Å². The van der Waals surface area contributed by atoms with E-state index in [1.54, 1.807) is 0 Å². The number of hydrogen-bond acceptors (Lipinski definition) is 3. The van der Waals surface area contributed by atoms with Crippen LogP contribution < -0.4 is 4.90 Å². The van der Waals surface area contributed by atoms with Gasteiger partial charge in [-0.2, -0.15) is 5.10 Å². The quantitative estimate of drug-likeness (QED) is 0.792. The fourth-order valence-electron chi connectivity index (χ4n) is 2.14. The van der Waals surface area contributed by atoms with Crippen molar-refractivity contribution < 1.29 is 0 Å². The molecular formula is C14H18ClN3. The molecule has 0 aliphatic carbocycles. The Labute approximate surface area is 113 Å². The second-order valence-electron chi connectivity index (χ2n) is 4.63. The Bertz CT molecular complexity index is 540. The molecule has 0 unspecified atom stereocenters. The van der Waals surface area contributed by atoms with E-state index >= 15 is 0 Å². The molecule has 0 N–H and O–H groups in total. The molecule has 0 saturated heterocycles. The molecule has 1 heterocycles. The predicted octanol–water partition coefficient (Wildman–Crippen LogP) is 3.39. The first-order chi connectivity index (χ1) is 8.65. The number of fused-ring (bicyclic) bond motifs is 1. The van der Waals surface area contributed by atoms with Gasteiger partial charge in [-0.05, 0) is 20.8 Å². The third-order valence-corrected chi connectivity index (χ3v) is 3.24. The summed E-state index contributed by atoms with van der Waals surface area (Å²) in [6, 6.07) is 8.59. The molecule has 0 saturated carbocycles. The van der Waals surface area contributed by atoms with E-state index in [2.05, 4.69) is 41.1 Å². The van der Waals surface area contributed by atoms with Crippen molar-refractivity contribution in [3.8, 4) is 0 Å². The highest BCUT2D eigenvalue weighted by Gasteiger charge is 2.15. The molecule has 0 amide bonds. The zero-order valence-corrected chi connectivity index (χ0v) is 11.8. The molecule has 2 rings (SSSR count). The lowest BCUT2D eigenvalue weighted by atomic mass is 10.1. The Balaban J connectivity index is 2.59. The smallest absolute Gasteiger partial charge is 0.159 e. The van der Waals surface area contributed by atoms with Crippen LogP contribution in [0.3, 0.4) is 0 Å². The minimum Gasteiger partial charge on any atom is -0.351 e. The molecule has 0 bridgehead atoms. The molecule has 0 spiro atoms. The molecule has 0 radical (unpaired) electrons. The summed E-state index contributed by atoms with van der Waals surface area (Å²) >= 11 is 5.88. The van der Waals surface area contributed by atoms with Gasteiger partial charge in [0.15, 0.2) is 5.82 Å². The van der Waals surface area contributed by atoms with Crippen LogP contribution in [0.1, 0.15) is 19.5 Å². The van der Waals surface area contributed by atoms with Crippen molar-refractivity contribution in [2.75, 3.05) is 17.3 Å². The SMILES string of the molecule is Cc1nnc(N(CCCl)C(C)C)c2ccccc12. The highest BCUT2D eigenvalue weighted by atomic mass is 35.5. The molecule has 1 aromatic carbocycles. The standard InChI is InChI=1S/C14H18ClN3/c1-10(2)18(9-8-15)14-13-7-5-4-6-12(13)11(3)16-17-14/h4-7,10H,8-9H2,1-3H3. The molecule has 2 aromatic rings. The summed E-state index contributed by atoms with van der Waals surface area (Å²) in [6.07, 6.45) is 0. The lowest BCUT2D eigenvalue weighted by molar-refractivity contribution is 0.691. The van der Waals surface area contributed by atoms with E-state index in [4.69, 9.17) is 11.6 Å². The van der Waals surface area contributed by atoms with Gasteiger partial charge in [-0.15, -0.1) is 16.7 Å². The van der Waals surface area contributed by atoms with Crippen LogP contribution >= 0.6 is 11.6 Å². The zero-order valence-electron chi connectivity index (χ0n) is 11.0. The van der Waals surface area contributed by atoms with E-state index in [1.165, 1.54) is 0 Å². The minimum atomic E-state index is 0.351. The normalized spacial score (nSPS) is 11.2. The van der Waals surface area contributed by atoms with Crippen molar-refractivity contribution in [2.24, 2.45) is 0 Å². The van der Waals surface area contributed by atoms with Crippen molar-refractivity contribution in [1.29, 1.82) is 0 Å². The molecule has 4 heteroatoms. The van der Waals surface area contributed by atoms with Crippen LogP contribution in [-0.4, -0.2) is 28.7 Å². The van der Waals surface area contributed by atoms with Crippen LogP contribution in [0.5, 0.6) is 0 Å². The largest absolute Gasteiger partial charge is 0.351 e. The van der Waals surface area contributed by atoms with E-state index < -0.39 is 0 Å². The third-order valence-electron chi connectivity index (χ3n) is 3.07. The fourth-order valence-corrected chi connectivity index (χ4v) is 2.32. The van der Waals surface area contributed by atoms with Gasteiger partial charge >= 0.3 is 0 Å². The van der Waals surface area contributed by atoms with Crippen LogP contribution in [0.15, 0.2) is 24.3 Å². The number of hydrogen-bond donors (Lipinski definition) is 0. The van der Waals surface area contributed by atoms with Crippen molar-refractivity contribution in [2.45, 2.75) is 26.8 Å². The fraction of sp³-hybridized carbons (Fsp3) is 0.429. The first-order valence-corrected chi connectivity index (χ1v) is 6.73. The Morgan fingerprint density at radius 2 is 1.83 bits per heavy atom. The van der Waals surface area contributed by atoms with Crippen molar-refractivity contribution in [3.05, 3.63) is 30.0 Å². The number of anilines is 1. The maximum Gasteiger partial charge on any atom is 0.159 e. The predicted molar refractivity (Wildman–Crippen MR) is 77.5 cm³/mol. The minimum absolute atomic E-state index is 0.351. The lowest BCUT2D eigenvalue weighted by Crippen LogP contribution is -2.33. The van der Waals surface area contributed by atoms with Crippen molar-refractivity contribution in [3.63, 3.8) is 0 Å². The molecule has 0 aliphatic rings. The Hall–Kier alpha value is -1.35. The first kappa shape index (κ1) is 13.1. The molecule has 3 nitrogen and oxygen atoms in total. The first-order valence-electron chi connectivity index (χ1n) is 6.19. The number of aryl methyl sites for hydroxylation is 1. The van der Waals surface area contributed by atoms with Gasteiger partial charge in [0.2, 0.25) is 0 Å². The third kappa shape index (κ3) is 2.41. The van der Waals surface area contributed by atoms with Gasteiger partial charge in [-0.25, -0.2) is 0 Å². The van der Waals surface area contributed by atoms with E-state index in [9.17, 15) is 0 Å². The number of halogens is 1. The Morgan fingerprint density at radius 1 is 1.17 bits per heavy atom. The number of rotatable bonds is 4. The van der Waals surface area contributed by atoms with Gasteiger partial charge in [-0.3, -0.25) is 0 Å². The zero-order chi connectivity index (χ0) is 13.1. The summed E-state index contributed by atoms with van der Waals surface area (Å²) in [4.78, 5) is 2.20. The van der Waals surface area contributed by atoms with Gasteiger partial charge in [0.1, 0.15) is 0 Å². The van der Waals surface area contributed by atoms with Crippen LogP contribution in [0.4, 0.5) is 5.82 Å². The maximum atomic E-state index is 5.88. The van der Waals surface area contributed by atoms with Gasteiger partial charge in [0.25, 0.3) is 0 Å². The van der Waals surface area contributed by atoms with E-state index in [0.29, 0.717) is 11.9 Å². The summed E-state index contributed by atoms with van der Waals surface area (Å²) in [5.74, 6) is 1.51. The van der Waals surface area contributed by atoms with Gasteiger partial charge < -0.3 is 4.90 Å². The van der Waals surface area contributed by atoms with Crippen LogP contribution in [0.2, 0.25) is 0 Å². The average molecular weight is 264 g/mol. The summed E-state index contributed by atoms with van der Waals surface area (Å²) in [6.45, 7) is 7.05. The lowest BCUT2D eigenvalue weighted by Gasteiger charge is -2.27. The van der Waals surface area contributed by atoms with Gasteiger partial charge in [-0.1, -0.05) is 24.3 Å². The molecular weight excluding hydrogens is 246 g/mol.